The van der Waals surface area contributed by atoms with Crippen LogP contribution in [0.2, 0.25) is 0 Å². The number of nitrogens with zero attached hydrogens (tertiary/aromatic N) is 1. The Morgan fingerprint density at radius 1 is 0.964 bits per heavy atom. The SMILES string of the molecule is CCc1ccccc1NC(=O)CN(C)C(=O)COc1ccc2ccccc2c1. The fraction of sp³-hybridized carbons (Fsp3) is 0.217. The number of benzene rings is 3. The first-order chi connectivity index (χ1) is 13.6. The van der Waals surface area contributed by atoms with Gasteiger partial charge in [-0.1, -0.05) is 55.5 Å². The summed E-state index contributed by atoms with van der Waals surface area (Å²) >= 11 is 0. The summed E-state index contributed by atoms with van der Waals surface area (Å²) in [6, 6.07) is 21.3. The summed E-state index contributed by atoms with van der Waals surface area (Å²) in [6.45, 7) is 1.89. The number of rotatable bonds is 7. The summed E-state index contributed by atoms with van der Waals surface area (Å²) < 4.78 is 5.61. The lowest BCUT2D eigenvalue weighted by atomic mass is 10.1. The van der Waals surface area contributed by atoms with E-state index in [0.717, 1.165) is 28.4 Å². The molecule has 2 amide bonds. The van der Waals surface area contributed by atoms with Gasteiger partial charge in [0.2, 0.25) is 5.91 Å². The highest BCUT2D eigenvalue weighted by atomic mass is 16.5. The average Bonchev–Trinajstić information content (AvgIpc) is 2.72. The van der Waals surface area contributed by atoms with Crippen LogP contribution in [-0.4, -0.2) is 36.9 Å². The molecule has 0 heterocycles. The molecule has 0 saturated heterocycles. The van der Waals surface area contributed by atoms with E-state index in [0.29, 0.717) is 5.75 Å². The van der Waals surface area contributed by atoms with Crippen LogP contribution in [0.5, 0.6) is 5.75 Å². The van der Waals surface area contributed by atoms with Crippen molar-refractivity contribution in [2.24, 2.45) is 0 Å². The number of anilines is 1. The highest BCUT2D eigenvalue weighted by Crippen LogP contribution is 2.20. The molecule has 0 atom stereocenters. The first kappa shape index (κ1) is 19.4. The van der Waals surface area contributed by atoms with E-state index in [2.05, 4.69) is 5.32 Å². The second-order valence-corrected chi connectivity index (χ2v) is 6.61. The molecule has 0 aromatic heterocycles. The molecule has 3 aromatic carbocycles. The van der Waals surface area contributed by atoms with E-state index in [1.165, 1.54) is 4.90 Å². The third-order valence-corrected chi connectivity index (χ3v) is 4.56. The van der Waals surface area contributed by atoms with Gasteiger partial charge in [0.15, 0.2) is 6.61 Å². The van der Waals surface area contributed by atoms with Crippen LogP contribution in [0.15, 0.2) is 66.7 Å². The molecule has 144 valence electrons. The molecule has 0 radical (unpaired) electrons. The first-order valence-corrected chi connectivity index (χ1v) is 9.30. The quantitative estimate of drug-likeness (QED) is 0.681. The van der Waals surface area contributed by atoms with E-state index < -0.39 is 0 Å². The van der Waals surface area contributed by atoms with Gasteiger partial charge in [-0.3, -0.25) is 9.59 Å². The normalized spacial score (nSPS) is 10.5. The predicted molar refractivity (Wildman–Crippen MR) is 112 cm³/mol. The molecule has 5 nitrogen and oxygen atoms in total. The highest BCUT2D eigenvalue weighted by Gasteiger charge is 2.14. The minimum atomic E-state index is -0.257. The number of nitrogens with one attached hydrogen (secondary N) is 1. The fourth-order valence-electron chi connectivity index (χ4n) is 2.96. The number of amides is 2. The van der Waals surface area contributed by atoms with Gasteiger partial charge in [-0.15, -0.1) is 0 Å². The lowest BCUT2D eigenvalue weighted by molar-refractivity contribution is -0.135. The Balaban J connectivity index is 1.52. The molecule has 0 saturated carbocycles. The maximum absolute atomic E-state index is 12.3. The van der Waals surface area contributed by atoms with E-state index in [-0.39, 0.29) is 25.0 Å². The van der Waals surface area contributed by atoms with Crippen LogP contribution in [0.25, 0.3) is 10.8 Å². The molecular weight excluding hydrogens is 352 g/mol. The van der Waals surface area contributed by atoms with Crippen LogP contribution in [-0.2, 0) is 16.0 Å². The van der Waals surface area contributed by atoms with Crippen molar-refractivity contribution in [3.8, 4) is 5.75 Å². The fourth-order valence-corrected chi connectivity index (χ4v) is 2.96. The van der Waals surface area contributed by atoms with Crippen LogP contribution in [0, 0.1) is 0 Å². The molecule has 0 unspecified atom stereocenters. The van der Waals surface area contributed by atoms with E-state index >= 15 is 0 Å². The smallest absolute Gasteiger partial charge is 0.260 e. The van der Waals surface area contributed by atoms with Crippen molar-refractivity contribution in [1.29, 1.82) is 0 Å². The third kappa shape index (κ3) is 4.88. The van der Waals surface area contributed by atoms with Crippen molar-refractivity contribution in [2.75, 3.05) is 25.5 Å². The zero-order chi connectivity index (χ0) is 19.9. The standard InChI is InChI=1S/C23H24N2O3/c1-3-17-8-6-7-11-21(17)24-22(26)15-25(2)23(27)16-28-20-13-12-18-9-4-5-10-19(18)14-20/h4-14H,3,15-16H2,1-2H3,(H,24,26). The summed E-state index contributed by atoms with van der Waals surface area (Å²) in [5.74, 6) is 0.135. The van der Waals surface area contributed by atoms with Crippen molar-refractivity contribution >= 4 is 28.3 Å². The van der Waals surface area contributed by atoms with Gasteiger partial charge in [-0.25, -0.2) is 0 Å². The molecule has 0 aliphatic heterocycles. The number of hydrogen-bond donors (Lipinski definition) is 1. The number of carbonyl (C=O) groups excluding carboxylic acids is 2. The Morgan fingerprint density at radius 2 is 1.68 bits per heavy atom. The van der Waals surface area contributed by atoms with Gasteiger partial charge in [-0.2, -0.15) is 0 Å². The van der Waals surface area contributed by atoms with Gasteiger partial charge >= 0.3 is 0 Å². The van der Waals surface area contributed by atoms with Gasteiger partial charge in [-0.05, 0) is 41.0 Å². The Hall–Kier alpha value is -3.34. The Kier molecular flexibility index (Phi) is 6.27. The zero-order valence-corrected chi connectivity index (χ0v) is 16.1. The van der Waals surface area contributed by atoms with E-state index in [4.69, 9.17) is 4.74 Å². The second-order valence-electron chi connectivity index (χ2n) is 6.61. The number of fused-ring (bicyclic) bond motifs is 1. The number of carbonyl (C=O) groups is 2. The minimum Gasteiger partial charge on any atom is -0.484 e. The molecule has 0 bridgehead atoms. The maximum Gasteiger partial charge on any atom is 0.260 e. The summed E-state index contributed by atoms with van der Waals surface area (Å²) in [5, 5.41) is 5.03. The number of hydrogen-bond acceptors (Lipinski definition) is 3. The molecule has 5 heteroatoms. The Morgan fingerprint density at radius 3 is 2.46 bits per heavy atom. The predicted octanol–water partition coefficient (Wildman–Crippen LogP) is 3.88. The number of para-hydroxylation sites is 1. The van der Waals surface area contributed by atoms with Crippen LogP contribution < -0.4 is 10.1 Å². The van der Waals surface area contributed by atoms with Crippen molar-refractivity contribution in [3.05, 3.63) is 72.3 Å². The number of ether oxygens (including phenoxy) is 1. The van der Waals surface area contributed by atoms with Crippen LogP contribution in [0.1, 0.15) is 12.5 Å². The van der Waals surface area contributed by atoms with Crippen molar-refractivity contribution < 1.29 is 14.3 Å². The third-order valence-electron chi connectivity index (χ3n) is 4.56. The monoisotopic (exact) mass is 376 g/mol. The van der Waals surface area contributed by atoms with Crippen LogP contribution in [0.3, 0.4) is 0 Å². The molecule has 0 fully saturated rings. The van der Waals surface area contributed by atoms with Crippen LogP contribution in [0.4, 0.5) is 5.69 Å². The summed E-state index contributed by atoms with van der Waals surface area (Å²) in [5.41, 5.74) is 1.84. The zero-order valence-electron chi connectivity index (χ0n) is 16.1. The largest absolute Gasteiger partial charge is 0.484 e. The molecule has 0 spiro atoms. The summed E-state index contributed by atoms with van der Waals surface area (Å²) in [6.07, 6.45) is 0.824. The van der Waals surface area contributed by atoms with Gasteiger partial charge in [0.1, 0.15) is 5.75 Å². The maximum atomic E-state index is 12.3. The Labute approximate surface area is 164 Å². The van der Waals surface area contributed by atoms with E-state index in [1.54, 1.807) is 7.05 Å². The van der Waals surface area contributed by atoms with Gasteiger partial charge in [0.05, 0.1) is 6.54 Å². The lowest BCUT2D eigenvalue weighted by Gasteiger charge is -2.18. The number of aryl methyl sites for hydroxylation is 1. The highest BCUT2D eigenvalue weighted by molar-refractivity contribution is 5.95. The lowest BCUT2D eigenvalue weighted by Crippen LogP contribution is -2.37. The van der Waals surface area contributed by atoms with Gasteiger partial charge < -0.3 is 15.0 Å². The average molecular weight is 376 g/mol. The molecule has 3 rings (SSSR count). The second kappa shape index (κ2) is 9.04. The molecule has 1 N–H and O–H groups in total. The van der Waals surface area contributed by atoms with Gasteiger partial charge in [0, 0.05) is 12.7 Å². The molecular formula is C23H24N2O3. The molecule has 0 aliphatic carbocycles. The van der Waals surface area contributed by atoms with E-state index in [1.807, 2.05) is 73.7 Å². The van der Waals surface area contributed by atoms with Crippen LogP contribution >= 0.6 is 0 Å². The summed E-state index contributed by atoms with van der Waals surface area (Å²) in [4.78, 5) is 25.9. The molecule has 28 heavy (non-hydrogen) atoms. The Bertz CT molecular complexity index is 984. The van der Waals surface area contributed by atoms with Gasteiger partial charge in [0.25, 0.3) is 5.91 Å². The number of likely N-dealkylation sites (N-methyl/N-ethyl adjacent to an activating group) is 1. The van der Waals surface area contributed by atoms with Crippen molar-refractivity contribution in [1.82, 2.24) is 4.90 Å². The minimum absolute atomic E-state index is 0.0298. The van der Waals surface area contributed by atoms with Crippen molar-refractivity contribution in [2.45, 2.75) is 13.3 Å². The van der Waals surface area contributed by atoms with E-state index in [9.17, 15) is 9.59 Å². The molecule has 0 aliphatic rings. The van der Waals surface area contributed by atoms with Crippen molar-refractivity contribution in [3.63, 3.8) is 0 Å². The molecule has 3 aromatic rings. The summed E-state index contributed by atoms with van der Waals surface area (Å²) in [7, 11) is 1.59. The topological polar surface area (TPSA) is 58.6 Å². The first-order valence-electron chi connectivity index (χ1n) is 9.30.